The van der Waals surface area contributed by atoms with Crippen molar-refractivity contribution in [2.75, 3.05) is 6.61 Å². The lowest BCUT2D eigenvalue weighted by molar-refractivity contribution is -0.307. The summed E-state index contributed by atoms with van der Waals surface area (Å²) >= 11 is 0. The van der Waals surface area contributed by atoms with Crippen LogP contribution in [0.4, 0.5) is 0 Å². The first kappa shape index (κ1) is 19.1. The van der Waals surface area contributed by atoms with Gasteiger partial charge in [-0.3, -0.25) is 0 Å². The van der Waals surface area contributed by atoms with Crippen LogP contribution < -0.4 is 0 Å². The van der Waals surface area contributed by atoms with Gasteiger partial charge in [0, 0.05) is 11.0 Å². The van der Waals surface area contributed by atoms with Gasteiger partial charge >= 0.3 is 5.97 Å². The summed E-state index contributed by atoms with van der Waals surface area (Å²) in [5, 5.41) is 55.5. The summed E-state index contributed by atoms with van der Waals surface area (Å²) in [5.41, 5.74) is -7.03. The number of hydrogen-bond donors (Lipinski definition) is 5. The molecule has 27 heavy (non-hydrogen) atoms. The van der Waals surface area contributed by atoms with Crippen molar-refractivity contribution >= 4 is 5.97 Å². The third kappa shape index (κ3) is 2.01. The number of cyclic esters (lactones) is 1. The van der Waals surface area contributed by atoms with Crippen molar-refractivity contribution in [3.8, 4) is 0 Å². The molecule has 3 aliphatic carbocycles. The minimum atomic E-state index is -2.11. The number of ether oxygens (including phenoxy) is 1. The second-order valence-electron chi connectivity index (χ2n) is 9.40. The maximum absolute atomic E-state index is 12.0. The maximum Gasteiger partial charge on any atom is 0.334 e. The molecule has 150 valence electrons. The first-order valence-corrected chi connectivity index (χ1v) is 9.49. The first-order valence-electron chi connectivity index (χ1n) is 9.49. The van der Waals surface area contributed by atoms with Crippen LogP contribution in [0.1, 0.15) is 46.5 Å². The van der Waals surface area contributed by atoms with Gasteiger partial charge in [-0.25, -0.2) is 4.79 Å². The zero-order chi connectivity index (χ0) is 20.0. The van der Waals surface area contributed by atoms with Crippen LogP contribution in [0.2, 0.25) is 0 Å². The molecule has 1 fully saturated rings. The highest BCUT2D eigenvalue weighted by atomic mass is 16.5. The van der Waals surface area contributed by atoms with Gasteiger partial charge in [-0.15, -0.1) is 0 Å². The molecule has 7 nitrogen and oxygen atoms in total. The second-order valence-corrected chi connectivity index (χ2v) is 9.40. The van der Waals surface area contributed by atoms with Crippen LogP contribution >= 0.6 is 0 Å². The Morgan fingerprint density at radius 1 is 1.19 bits per heavy atom. The van der Waals surface area contributed by atoms with Gasteiger partial charge in [0.05, 0.1) is 5.60 Å². The van der Waals surface area contributed by atoms with E-state index in [0.29, 0.717) is 24.8 Å². The number of esters is 1. The molecule has 1 heterocycles. The molecule has 5 N–H and O–H groups in total. The molecule has 0 saturated heterocycles. The second kappa shape index (κ2) is 5.21. The standard InChI is InChI=1S/C20H28O7/c1-16(2,23)18(24)8-9-20(26)17(3)6-4-11-12(10-27-14(11)21)13(17)5-7-19(20,25)15(18)22/h8-9,13,15,22-26H,4-7,10H2,1-3H3/t13-,15+,17-,18-,19+,20+/m0/s1. The highest BCUT2D eigenvalue weighted by Gasteiger charge is 2.73. The van der Waals surface area contributed by atoms with Crippen molar-refractivity contribution in [3.63, 3.8) is 0 Å². The van der Waals surface area contributed by atoms with Crippen molar-refractivity contribution in [3.05, 3.63) is 23.3 Å². The van der Waals surface area contributed by atoms with Crippen LogP contribution in [0, 0.1) is 11.3 Å². The van der Waals surface area contributed by atoms with E-state index in [9.17, 15) is 30.3 Å². The molecule has 0 spiro atoms. The fourth-order valence-corrected chi connectivity index (χ4v) is 5.89. The zero-order valence-corrected chi connectivity index (χ0v) is 15.9. The topological polar surface area (TPSA) is 127 Å². The molecule has 0 amide bonds. The molecule has 4 aliphatic rings. The minimum Gasteiger partial charge on any atom is -0.458 e. The van der Waals surface area contributed by atoms with Crippen molar-refractivity contribution < 1.29 is 35.1 Å². The highest BCUT2D eigenvalue weighted by Crippen LogP contribution is 2.64. The van der Waals surface area contributed by atoms with Gasteiger partial charge in [-0.2, -0.15) is 0 Å². The van der Waals surface area contributed by atoms with E-state index in [4.69, 9.17) is 4.74 Å². The van der Waals surface area contributed by atoms with Crippen LogP contribution in [0.3, 0.4) is 0 Å². The van der Waals surface area contributed by atoms with Gasteiger partial charge in [-0.05, 0) is 57.1 Å². The normalized spacial score (nSPS) is 49.4. The monoisotopic (exact) mass is 380 g/mol. The van der Waals surface area contributed by atoms with Gasteiger partial charge in [0.2, 0.25) is 0 Å². The van der Waals surface area contributed by atoms with Crippen LogP contribution in [0.5, 0.6) is 0 Å². The Balaban J connectivity index is 1.86. The Bertz CT molecular complexity index is 765. The third-order valence-electron chi connectivity index (χ3n) is 7.85. The fourth-order valence-electron chi connectivity index (χ4n) is 5.89. The molecule has 6 atom stereocenters. The van der Waals surface area contributed by atoms with E-state index >= 15 is 0 Å². The van der Waals surface area contributed by atoms with E-state index in [1.165, 1.54) is 26.0 Å². The lowest BCUT2D eigenvalue weighted by atomic mass is 9.44. The molecule has 0 aromatic rings. The molecular formula is C20H28O7. The van der Waals surface area contributed by atoms with Gasteiger partial charge in [0.25, 0.3) is 0 Å². The largest absolute Gasteiger partial charge is 0.458 e. The average molecular weight is 380 g/mol. The molecule has 0 bridgehead atoms. The summed E-state index contributed by atoms with van der Waals surface area (Å²) in [5.74, 6) is -0.487. The molecule has 0 radical (unpaired) electrons. The molecule has 4 rings (SSSR count). The number of fused-ring (bicyclic) bond motifs is 4. The van der Waals surface area contributed by atoms with Gasteiger partial charge in [0.15, 0.2) is 0 Å². The smallest absolute Gasteiger partial charge is 0.334 e. The number of carbonyl (C=O) groups excluding carboxylic acids is 1. The lowest BCUT2D eigenvalue weighted by Crippen LogP contribution is -2.79. The van der Waals surface area contributed by atoms with E-state index in [1.54, 1.807) is 0 Å². The molecular weight excluding hydrogens is 352 g/mol. The lowest BCUT2D eigenvalue weighted by Gasteiger charge is -2.65. The Morgan fingerprint density at radius 2 is 1.85 bits per heavy atom. The van der Waals surface area contributed by atoms with Gasteiger partial charge < -0.3 is 30.3 Å². The summed E-state index contributed by atoms with van der Waals surface area (Å²) in [4.78, 5) is 12.0. The van der Waals surface area contributed by atoms with Crippen molar-refractivity contribution in [2.45, 2.75) is 75.0 Å². The molecule has 0 aromatic heterocycles. The molecule has 1 saturated carbocycles. The Hall–Kier alpha value is -1.25. The number of rotatable bonds is 1. The molecule has 1 aliphatic heterocycles. The quantitative estimate of drug-likeness (QED) is 0.319. The predicted octanol–water partition coefficient (Wildman–Crippen LogP) is -0.0552. The van der Waals surface area contributed by atoms with E-state index in [-0.39, 0.29) is 24.9 Å². The maximum atomic E-state index is 12.0. The number of hydrogen-bond acceptors (Lipinski definition) is 7. The SMILES string of the molecule is CC(C)(O)[C@]1(O)C=C[C@@]2(O)[C@@]3(C)CCC4=C(COC4=O)[C@@H]3CC[C@@]2(O)[C@@H]1O. The zero-order valence-electron chi connectivity index (χ0n) is 15.9. The van der Waals surface area contributed by atoms with E-state index in [2.05, 4.69) is 0 Å². The first-order chi connectivity index (χ1) is 12.3. The number of aliphatic hydroxyl groups excluding tert-OH is 1. The summed E-state index contributed by atoms with van der Waals surface area (Å²) in [7, 11) is 0. The van der Waals surface area contributed by atoms with E-state index < -0.39 is 33.9 Å². The summed E-state index contributed by atoms with van der Waals surface area (Å²) in [6.07, 6.45) is 2.07. The van der Waals surface area contributed by atoms with Crippen molar-refractivity contribution in [2.24, 2.45) is 11.3 Å². The van der Waals surface area contributed by atoms with Crippen molar-refractivity contribution in [1.82, 2.24) is 0 Å². The fraction of sp³-hybridized carbons (Fsp3) is 0.750. The van der Waals surface area contributed by atoms with Crippen molar-refractivity contribution in [1.29, 1.82) is 0 Å². The summed E-state index contributed by atoms with van der Waals surface area (Å²) in [6, 6.07) is 0. The Labute approximate surface area is 158 Å². The van der Waals surface area contributed by atoms with Gasteiger partial charge in [0.1, 0.15) is 29.5 Å². The summed E-state index contributed by atoms with van der Waals surface area (Å²) < 4.78 is 5.19. The van der Waals surface area contributed by atoms with Crippen LogP contribution in [-0.4, -0.2) is 66.6 Å². The van der Waals surface area contributed by atoms with E-state index in [0.717, 1.165) is 5.57 Å². The third-order valence-corrected chi connectivity index (χ3v) is 7.85. The van der Waals surface area contributed by atoms with Crippen LogP contribution in [-0.2, 0) is 9.53 Å². The highest BCUT2D eigenvalue weighted by molar-refractivity contribution is 5.92. The summed E-state index contributed by atoms with van der Waals surface area (Å²) in [6.45, 7) is 4.74. The van der Waals surface area contributed by atoms with Crippen LogP contribution in [0.25, 0.3) is 0 Å². The average Bonchev–Trinajstić information content (AvgIpc) is 2.95. The molecule has 0 unspecified atom stereocenters. The van der Waals surface area contributed by atoms with Crippen LogP contribution in [0.15, 0.2) is 23.3 Å². The number of aliphatic hydroxyl groups is 5. The molecule has 7 heteroatoms. The minimum absolute atomic E-state index is 0.0125. The van der Waals surface area contributed by atoms with Gasteiger partial charge in [-0.1, -0.05) is 13.0 Å². The Morgan fingerprint density at radius 3 is 2.48 bits per heavy atom. The Kier molecular flexibility index (Phi) is 3.68. The predicted molar refractivity (Wildman–Crippen MR) is 94.3 cm³/mol. The molecule has 0 aromatic carbocycles. The van der Waals surface area contributed by atoms with E-state index in [1.807, 2.05) is 6.92 Å². The number of carbonyl (C=O) groups is 1.